The number of hydrogen-bond donors (Lipinski definition) is 2. The second-order valence-corrected chi connectivity index (χ2v) is 8.03. The summed E-state index contributed by atoms with van der Waals surface area (Å²) in [6.07, 6.45) is 3.94. The normalized spacial score (nSPS) is 13.5. The van der Waals surface area contributed by atoms with Gasteiger partial charge in [0.05, 0.1) is 27.3 Å². The van der Waals surface area contributed by atoms with E-state index >= 15 is 0 Å². The molecule has 0 aliphatic heterocycles. The number of nitrogens with one attached hydrogen (secondary N) is 2. The molecule has 0 aliphatic rings. The van der Waals surface area contributed by atoms with Gasteiger partial charge < -0.3 is 15.2 Å². The van der Waals surface area contributed by atoms with E-state index in [2.05, 4.69) is 30.6 Å². The van der Waals surface area contributed by atoms with E-state index in [1.165, 1.54) is 19.2 Å². The average molecular weight is 483 g/mol. The molecule has 8 nitrogen and oxygen atoms in total. The number of benzene rings is 2. The second kappa shape index (κ2) is 9.79. The van der Waals surface area contributed by atoms with Crippen molar-refractivity contribution in [1.82, 2.24) is 24.5 Å². The number of hydrogen-bond acceptors (Lipinski definition) is 6. The van der Waals surface area contributed by atoms with Crippen molar-refractivity contribution in [2.45, 2.75) is 20.8 Å². The Labute approximate surface area is 219 Å². The monoisotopic (exact) mass is 482 g/mol. The quantitative estimate of drug-likeness (QED) is 0.325. The predicted molar refractivity (Wildman–Crippen MR) is 141 cm³/mol. The van der Waals surface area contributed by atoms with E-state index in [0.717, 1.165) is 16.9 Å². The van der Waals surface area contributed by atoms with Gasteiger partial charge in [-0.3, -0.25) is 9.78 Å². The summed E-state index contributed by atoms with van der Waals surface area (Å²) in [5, 5.41) is 5.61. The highest BCUT2D eigenvalue weighted by Gasteiger charge is 2.12. The van der Waals surface area contributed by atoms with Gasteiger partial charge in [-0.2, -0.15) is 0 Å². The second-order valence-electron chi connectivity index (χ2n) is 8.03. The average Bonchev–Trinajstić information content (AvgIpc) is 3.39. The number of pyridine rings is 1. The van der Waals surface area contributed by atoms with E-state index in [1.807, 2.05) is 30.7 Å². The number of carbonyl (C=O) groups is 1. The van der Waals surface area contributed by atoms with Crippen LogP contribution in [0.4, 0.5) is 17.3 Å². The van der Waals surface area contributed by atoms with Gasteiger partial charge in [0.15, 0.2) is 0 Å². The number of carbonyl (C=O) groups excluding carboxylic acids is 1. The van der Waals surface area contributed by atoms with Crippen LogP contribution in [-0.2, 0) is 0 Å². The molecular weight excluding hydrogens is 450 g/mol. The van der Waals surface area contributed by atoms with Crippen LogP contribution in [0.3, 0.4) is 0 Å². The Balaban J connectivity index is 1.51. The number of imidazole rings is 1. The molecule has 8 heteroatoms. The molecule has 36 heavy (non-hydrogen) atoms. The molecule has 1 amide bonds. The highest BCUT2D eigenvalue weighted by Crippen LogP contribution is 2.24. The van der Waals surface area contributed by atoms with Gasteiger partial charge in [-0.25, -0.2) is 15.0 Å². The van der Waals surface area contributed by atoms with Gasteiger partial charge in [-0.1, -0.05) is 6.04 Å². The van der Waals surface area contributed by atoms with Gasteiger partial charge in [-0.15, -0.1) is 0 Å². The SMILES string of the molecule is [2H]c1nc([2H])c(-c2ccnc(Nc3c([2H])c(C(=O)Nc4cc(C)cc(-n5cnc(C)c5)c4)c([2H])c([2H])c3C)n2)c([2H])c1[2H]. The topological polar surface area (TPSA) is 97.6 Å². The number of rotatable bonds is 6. The molecule has 0 saturated carbocycles. The Hall–Kier alpha value is -4.85. The van der Waals surface area contributed by atoms with E-state index < -0.39 is 30.3 Å². The molecule has 0 fully saturated rings. The number of amides is 1. The van der Waals surface area contributed by atoms with Crippen LogP contribution in [0.2, 0.25) is 0 Å². The van der Waals surface area contributed by atoms with Gasteiger partial charge in [0, 0.05) is 52.9 Å². The van der Waals surface area contributed by atoms with Crippen LogP contribution >= 0.6 is 0 Å². The molecule has 0 unspecified atom stereocenters. The highest BCUT2D eigenvalue weighted by molar-refractivity contribution is 6.05. The zero-order valence-electron chi connectivity index (χ0n) is 26.7. The van der Waals surface area contributed by atoms with Crippen LogP contribution in [0.1, 0.15) is 36.8 Å². The lowest BCUT2D eigenvalue weighted by atomic mass is 10.1. The van der Waals surface area contributed by atoms with Gasteiger partial charge >= 0.3 is 0 Å². The fourth-order valence-electron chi connectivity index (χ4n) is 3.47. The van der Waals surface area contributed by atoms with Crippen molar-refractivity contribution in [3.63, 3.8) is 0 Å². The van der Waals surface area contributed by atoms with Crippen molar-refractivity contribution in [2.24, 2.45) is 0 Å². The first kappa shape index (κ1) is 15.9. The molecule has 3 aromatic heterocycles. The largest absolute Gasteiger partial charge is 0.324 e. The van der Waals surface area contributed by atoms with Gasteiger partial charge in [0.2, 0.25) is 5.95 Å². The van der Waals surface area contributed by atoms with Crippen LogP contribution in [0, 0.1) is 20.8 Å². The van der Waals surface area contributed by atoms with Gasteiger partial charge in [0.25, 0.3) is 5.91 Å². The first-order valence-corrected chi connectivity index (χ1v) is 10.9. The summed E-state index contributed by atoms with van der Waals surface area (Å²) in [6, 6.07) is 4.94. The fraction of sp³-hybridized carbons (Fsp3) is 0.107. The number of aryl methyl sites for hydroxylation is 2. The number of anilines is 3. The molecule has 2 aromatic carbocycles. The molecule has 0 radical (unpaired) electrons. The van der Waals surface area contributed by atoms with Gasteiger partial charge in [0.1, 0.15) is 0 Å². The smallest absolute Gasteiger partial charge is 0.255 e. The summed E-state index contributed by atoms with van der Waals surface area (Å²) < 4.78 is 59.4. The lowest BCUT2D eigenvalue weighted by molar-refractivity contribution is 0.102. The standard InChI is InChI=1S/C28H25N7O/c1-18-11-23(14-24(12-18)35-16-20(3)31-17-35)32-27(36)21-7-6-19(2)26(13-21)34-28-30-10-8-25(33-28)22-5-4-9-29-15-22/h4-17H,1-3H3,(H,32,36)(H,30,33,34)/i4D,5D,6D,7D,9D,13D,15D. The van der Waals surface area contributed by atoms with Crippen LogP contribution < -0.4 is 10.6 Å². The number of nitrogens with zero attached hydrogens (tertiary/aromatic N) is 5. The Kier molecular flexibility index (Phi) is 4.34. The molecule has 0 aliphatic carbocycles. The maximum Gasteiger partial charge on any atom is 0.255 e. The van der Waals surface area contributed by atoms with Crippen molar-refractivity contribution in [2.75, 3.05) is 10.6 Å². The minimum atomic E-state index is -0.748. The lowest BCUT2D eigenvalue weighted by Gasteiger charge is -2.13. The molecule has 0 spiro atoms. The van der Waals surface area contributed by atoms with E-state index in [0.29, 0.717) is 5.69 Å². The highest BCUT2D eigenvalue weighted by atomic mass is 16.1. The third kappa shape index (κ3) is 5.12. The molecule has 2 N–H and O–H groups in total. The summed E-state index contributed by atoms with van der Waals surface area (Å²) in [7, 11) is 0. The summed E-state index contributed by atoms with van der Waals surface area (Å²) in [6.45, 7) is 5.26. The van der Waals surface area contributed by atoms with Crippen LogP contribution in [-0.4, -0.2) is 30.4 Å². The van der Waals surface area contributed by atoms with Crippen molar-refractivity contribution in [3.8, 4) is 16.9 Å². The van der Waals surface area contributed by atoms with Crippen LogP contribution in [0.5, 0.6) is 0 Å². The van der Waals surface area contributed by atoms with Crippen LogP contribution in [0.15, 0.2) is 85.5 Å². The molecule has 5 rings (SSSR count). The molecule has 5 aromatic rings. The maximum absolute atomic E-state index is 13.5. The summed E-state index contributed by atoms with van der Waals surface area (Å²) >= 11 is 0. The van der Waals surface area contributed by atoms with Crippen molar-refractivity contribution < 1.29 is 14.4 Å². The first-order chi connectivity index (χ1) is 20.3. The summed E-state index contributed by atoms with van der Waals surface area (Å²) in [5.41, 5.74) is 2.80. The third-order valence-electron chi connectivity index (χ3n) is 5.17. The van der Waals surface area contributed by atoms with Gasteiger partial charge in [-0.05, 0) is 80.3 Å². The third-order valence-corrected chi connectivity index (χ3v) is 5.17. The Bertz CT molecular complexity index is 1930. The van der Waals surface area contributed by atoms with E-state index in [4.69, 9.17) is 9.60 Å². The predicted octanol–water partition coefficient (Wildman–Crippen LogP) is 5.65. The van der Waals surface area contributed by atoms with Crippen molar-refractivity contribution in [1.29, 1.82) is 0 Å². The molecule has 0 bridgehead atoms. The Morgan fingerprint density at radius 3 is 2.81 bits per heavy atom. The fourth-order valence-corrected chi connectivity index (χ4v) is 3.47. The molecular formula is C28H25N7O. The van der Waals surface area contributed by atoms with Crippen LogP contribution in [0.25, 0.3) is 16.9 Å². The first-order valence-electron chi connectivity index (χ1n) is 14.4. The Morgan fingerprint density at radius 1 is 1.08 bits per heavy atom. The number of aromatic nitrogens is 5. The van der Waals surface area contributed by atoms with E-state index in [-0.39, 0.29) is 52.1 Å². The zero-order valence-corrected chi connectivity index (χ0v) is 19.7. The molecule has 178 valence electrons. The van der Waals surface area contributed by atoms with E-state index in [1.54, 1.807) is 18.5 Å². The minimum absolute atomic E-state index is 0.0279. The Morgan fingerprint density at radius 2 is 1.97 bits per heavy atom. The minimum Gasteiger partial charge on any atom is -0.324 e. The molecule has 0 saturated heterocycles. The summed E-state index contributed by atoms with van der Waals surface area (Å²) in [5.74, 6) is -0.821. The molecule has 0 atom stereocenters. The molecule has 3 heterocycles. The summed E-state index contributed by atoms with van der Waals surface area (Å²) in [4.78, 5) is 29.8. The lowest BCUT2D eigenvalue weighted by Crippen LogP contribution is -2.13. The zero-order chi connectivity index (χ0) is 31.2. The van der Waals surface area contributed by atoms with Crippen molar-refractivity contribution >= 4 is 23.2 Å². The van der Waals surface area contributed by atoms with Crippen molar-refractivity contribution in [3.05, 3.63) is 108 Å². The maximum atomic E-state index is 13.5. The van der Waals surface area contributed by atoms with E-state index in [9.17, 15) is 4.79 Å².